The highest BCUT2D eigenvalue weighted by Crippen LogP contribution is 2.23. The van der Waals surface area contributed by atoms with Crippen LogP contribution in [0.25, 0.3) is 0 Å². The van der Waals surface area contributed by atoms with Crippen molar-refractivity contribution >= 4 is 18.2 Å². The van der Waals surface area contributed by atoms with Gasteiger partial charge in [0.2, 0.25) is 0 Å². The molecule has 108 valence electrons. The molecule has 1 aliphatic rings. The van der Waals surface area contributed by atoms with Crippen LogP contribution in [0.15, 0.2) is 18.2 Å². The van der Waals surface area contributed by atoms with Crippen LogP contribution in [0.4, 0.5) is 5.82 Å². The number of halogens is 1. The third-order valence-electron chi connectivity index (χ3n) is 3.79. The molecule has 3 nitrogen and oxygen atoms in total. The maximum Gasteiger partial charge on any atom is 0.128 e. The van der Waals surface area contributed by atoms with E-state index in [-0.39, 0.29) is 12.4 Å². The molecular weight excluding hydrogens is 258 g/mol. The molecule has 0 saturated carbocycles. The summed E-state index contributed by atoms with van der Waals surface area (Å²) in [4.78, 5) is 7.04. The quantitative estimate of drug-likeness (QED) is 0.842. The standard InChI is InChI=1S/C15H25N3.ClH/c1-3-16-10-7-14-8-11-18(12-9-14)15-6-4-5-13(2)17-15;/h4-6,14,16H,3,7-12H2,1-2H3;1H. The molecule has 1 aliphatic heterocycles. The number of hydrogen-bond acceptors (Lipinski definition) is 3. The van der Waals surface area contributed by atoms with Crippen molar-refractivity contribution in [3.05, 3.63) is 23.9 Å². The Kier molecular flexibility index (Phi) is 7.17. The van der Waals surface area contributed by atoms with Gasteiger partial charge in [0.15, 0.2) is 0 Å². The minimum Gasteiger partial charge on any atom is -0.357 e. The second-order valence-corrected chi connectivity index (χ2v) is 5.21. The third-order valence-corrected chi connectivity index (χ3v) is 3.79. The molecule has 2 heterocycles. The fraction of sp³-hybridized carbons (Fsp3) is 0.667. The van der Waals surface area contributed by atoms with Crippen LogP contribution >= 0.6 is 12.4 Å². The molecule has 0 radical (unpaired) electrons. The summed E-state index contributed by atoms with van der Waals surface area (Å²) in [6.45, 7) is 8.81. The van der Waals surface area contributed by atoms with Gasteiger partial charge in [0, 0.05) is 18.8 Å². The lowest BCUT2D eigenvalue weighted by Crippen LogP contribution is -2.35. The Labute approximate surface area is 123 Å². The number of rotatable bonds is 5. The lowest BCUT2D eigenvalue weighted by molar-refractivity contribution is 0.374. The average Bonchev–Trinajstić information content (AvgIpc) is 2.40. The zero-order valence-electron chi connectivity index (χ0n) is 12.1. The van der Waals surface area contributed by atoms with E-state index in [0.717, 1.165) is 37.1 Å². The second kappa shape index (κ2) is 8.39. The van der Waals surface area contributed by atoms with Crippen molar-refractivity contribution in [1.82, 2.24) is 10.3 Å². The van der Waals surface area contributed by atoms with Gasteiger partial charge in [-0.15, -0.1) is 12.4 Å². The van der Waals surface area contributed by atoms with Crippen LogP contribution in [0.1, 0.15) is 31.9 Å². The molecule has 4 heteroatoms. The first-order valence-electron chi connectivity index (χ1n) is 7.19. The van der Waals surface area contributed by atoms with Gasteiger partial charge in [-0.3, -0.25) is 0 Å². The predicted octanol–water partition coefficient (Wildman–Crippen LogP) is 3.03. The van der Waals surface area contributed by atoms with Crippen LogP contribution in [0, 0.1) is 12.8 Å². The first kappa shape index (κ1) is 16.3. The van der Waals surface area contributed by atoms with Crippen molar-refractivity contribution in [2.45, 2.75) is 33.1 Å². The van der Waals surface area contributed by atoms with E-state index < -0.39 is 0 Å². The number of nitrogens with one attached hydrogen (secondary N) is 1. The van der Waals surface area contributed by atoms with Crippen molar-refractivity contribution in [2.75, 3.05) is 31.1 Å². The van der Waals surface area contributed by atoms with Crippen LogP contribution in [0.3, 0.4) is 0 Å². The summed E-state index contributed by atoms with van der Waals surface area (Å²) in [7, 11) is 0. The molecule has 1 aromatic rings. The van der Waals surface area contributed by atoms with Gasteiger partial charge in [-0.05, 0) is 57.3 Å². The Morgan fingerprint density at radius 1 is 1.32 bits per heavy atom. The van der Waals surface area contributed by atoms with E-state index in [1.54, 1.807) is 0 Å². The summed E-state index contributed by atoms with van der Waals surface area (Å²) >= 11 is 0. The zero-order valence-corrected chi connectivity index (χ0v) is 12.9. The maximum absolute atomic E-state index is 4.61. The van der Waals surface area contributed by atoms with Crippen LogP contribution < -0.4 is 10.2 Å². The van der Waals surface area contributed by atoms with E-state index in [4.69, 9.17) is 0 Å². The Hall–Kier alpha value is -0.800. The number of hydrogen-bond donors (Lipinski definition) is 1. The molecule has 0 aromatic carbocycles. The molecule has 2 rings (SSSR count). The van der Waals surface area contributed by atoms with Crippen molar-refractivity contribution in [2.24, 2.45) is 5.92 Å². The molecule has 0 atom stereocenters. The predicted molar refractivity (Wildman–Crippen MR) is 84.3 cm³/mol. The van der Waals surface area contributed by atoms with Crippen LogP contribution in [0.2, 0.25) is 0 Å². The SMILES string of the molecule is CCNCCC1CCN(c2cccc(C)n2)CC1.Cl. The molecule has 0 aliphatic carbocycles. The van der Waals surface area contributed by atoms with Crippen molar-refractivity contribution in [3.63, 3.8) is 0 Å². The van der Waals surface area contributed by atoms with Crippen LogP contribution in [-0.4, -0.2) is 31.2 Å². The van der Waals surface area contributed by atoms with E-state index in [1.807, 2.05) is 0 Å². The minimum absolute atomic E-state index is 0. The number of nitrogens with zero attached hydrogens (tertiary/aromatic N) is 2. The van der Waals surface area contributed by atoms with Gasteiger partial charge in [0.05, 0.1) is 0 Å². The molecule has 1 fully saturated rings. The van der Waals surface area contributed by atoms with Gasteiger partial charge >= 0.3 is 0 Å². The Bertz CT molecular complexity index is 362. The van der Waals surface area contributed by atoms with Crippen LogP contribution in [0.5, 0.6) is 0 Å². The minimum atomic E-state index is 0. The number of aryl methyl sites for hydroxylation is 1. The lowest BCUT2D eigenvalue weighted by Gasteiger charge is -2.33. The van der Waals surface area contributed by atoms with Crippen molar-refractivity contribution in [1.29, 1.82) is 0 Å². The molecule has 0 spiro atoms. The first-order chi connectivity index (χ1) is 8.79. The first-order valence-corrected chi connectivity index (χ1v) is 7.19. The number of anilines is 1. The Morgan fingerprint density at radius 2 is 2.05 bits per heavy atom. The van der Waals surface area contributed by atoms with E-state index in [9.17, 15) is 0 Å². The Morgan fingerprint density at radius 3 is 2.68 bits per heavy atom. The van der Waals surface area contributed by atoms with Crippen LogP contribution in [-0.2, 0) is 0 Å². The molecule has 1 saturated heterocycles. The largest absolute Gasteiger partial charge is 0.357 e. The van der Waals surface area contributed by atoms with Gasteiger partial charge in [0.25, 0.3) is 0 Å². The molecular formula is C15H26ClN3. The normalized spacial score (nSPS) is 16.2. The van der Waals surface area contributed by atoms with E-state index in [0.29, 0.717) is 0 Å². The number of pyridine rings is 1. The van der Waals surface area contributed by atoms with E-state index in [1.165, 1.54) is 25.8 Å². The fourth-order valence-corrected chi connectivity index (χ4v) is 2.64. The number of piperidine rings is 1. The molecule has 0 unspecified atom stereocenters. The fourth-order valence-electron chi connectivity index (χ4n) is 2.64. The lowest BCUT2D eigenvalue weighted by atomic mass is 9.93. The summed E-state index contributed by atoms with van der Waals surface area (Å²) in [6.07, 6.45) is 3.94. The van der Waals surface area contributed by atoms with E-state index >= 15 is 0 Å². The monoisotopic (exact) mass is 283 g/mol. The summed E-state index contributed by atoms with van der Waals surface area (Å²) in [5.74, 6) is 2.05. The van der Waals surface area contributed by atoms with Gasteiger partial charge in [-0.25, -0.2) is 4.98 Å². The summed E-state index contributed by atoms with van der Waals surface area (Å²) in [5, 5.41) is 3.42. The highest BCUT2D eigenvalue weighted by molar-refractivity contribution is 5.85. The smallest absolute Gasteiger partial charge is 0.128 e. The Balaban J connectivity index is 0.00000180. The van der Waals surface area contributed by atoms with E-state index in [2.05, 4.69) is 47.2 Å². The van der Waals surface area contributed by atoms with Gasteiger partial charge in [-0.2, -0.15) is 0 Å². The summed E-state index contributed by atoms with van der Waals surface area (Å²) in [5.41, 5.74) is 1.11. The summed E-state index contributed by atoms with van der Waals surface area (Å²) in [6, 6.07) is 6.30. The third kappa shape index (κ3) is 5.00. The molecule has 1 aromatic heterocycles. The average molecular weight is 284 g/mol. The number of aromatic nitrogens is 1. The molecule has 0 amide bonds. The highest BCUT2D eigenvalue weighted by atomic mass is 35.5. The molecule has 0 bridgehead atoms. The van der Waals surface area contributed by atoms with Crippen molar-refractivity contribution in [3.8, 4) is 0 Å². The molecule has 19 heavy (non-hydrogen) atoms. The van der Waals surface area contributed by atoms with Gasteiger partial charge in [0.1, 0.15) is 5.82 Å². The highest BCUT2D eigenvalue weighted by Gasteiger charge is 2.19. The van der Waals surface area contributed by atoms with Gasteiger partial charge in [-0.1, -0.05) is 13.0 Å². The van der Waals surface area contributed by atoms with Gasteiger partial charge < -0.3 is 10.2 Å². The van der Waals surface area contributed by atoms with Crippen molar-refractivity contribution < 1.29 is 0 Å². The second-order valence-electron chi connectivity index (χ2n) is 5.21. The topological polar surface area (TPSA) is 28.2 Å². The zero-order chi connectivity index (χ0) is 12.8. The molecule has 1 N–H and O–H groups in total. The maximum atomic E-state index is 4.61. The summed E-state index contributed by atoms with van der Waals surface area (Å²) < 4.78 is 0.